The molecular formula is C15H21N5O4. The molecule has 0 radical (unpaired) electrons. The summed E-state index contributed by atoms with van der Waals surface area (Å²) in [6.07, 6.45) is 2.80. The molecule has 2 aromatic rings. The minimum atomic E-state index is -0.239. The SMILES string of the molecule is COc1nc(N)nc2c1ncn2C1CCC(COC(=O)C(C)C)O1. The average Bonchev–Trinajstić information content (AvgIpc) is 3.17. The molecule has 2 unspecified atom stereocenters. The third-order valence-electron chi connectivity index (χ3n) is 3.88. The van der Waals surface area contributed by atoms with Gasteiger partial charge < -0.3 is 19.9 Å². The number of methoxy groups -OCH3 is 1. The molecule has 24 heavy (non-hydrogen) atoms. The van der Waals surface area contributed by atoms with Gasteiger partial charge in [-0.25, -0.2) is 4.98 Å². The highest BCUT2D eigenvalue weighted by atomic mass is 16.6. The molecule has 0 bridgehead atoms. The Bertz CT molecular complexity index is 745. The number of hydrogen-bond acceptors (Lipinski definition) is 8. The van der Waals surface area contributed by atoms with Crippen molar-refractivity contribution < 1.29 is 19.0 Å². The minimum Gasteiger partial charge on any atom is -0.479 e. The fraction of sp³-hybridized carbons (Fsp3) is 0.600. The molecule has 0 aromatic carbocycles. The van der Waals surface area contributed by atoms with Gasteiger partial charge in [-0.3, -0.25) is 9.36 Å². The maximum absolute atomic E-state index is 11.6. The highest BCUT2D eigenvalue weighted by molar-refractivity contribution is 5.77. The molecule has 2 atom stereocenters. The lowest BCUT2D eigenvalue weighted by molar-refractivity contribution is -0.152. The van der Waals surface area contributed by atoms with Gasteiger partial charge in [0.25, 0.3) is 0 Å². The van der Waals surface area contributed by atoms with Crippen molar-refractivity contribution in [3.63, 3.8) is 0 Å². The second kappa shape index (κ2) is 6.60. The van der Waals surface area contributed by atoms with Gasteiger partial charge in [0, 0.05) is 0 Å². The van der Waals surface area contributed by atoms with E-state index in [1.165, 1.54) is 7.11 Å². The molecule has 1 saturated heterocycles. The van der Waals surface area contributed by atoms with E-state index in [-0.39, 0.29) is 36.8 Å². The van der Waals surface area contributed by atoms with Crippen LogP contribution in [0.1, 0.15) is 32.9 Å². The fourth-order valence-corrected chi connectivity index (χ4v) is 2.62. The molecule has 2 N–H and O–H groups in total. The maximum Gasteiger partial charge on any atom is 0.308 e. The fourth-order valence-electron chi connectivity index (χ4n) is 2.62. The van der Waals surface area contributed by atoms with Crippen molar-refractivity contribution in [3.8, 4) is 5.88 Å². The van der Waals surface area contributed by atoms with Gasteiger partial charge in [0.05, 0.1) is 25.5 Å². The third-order valence-corrected chi connectivity index (χ3v) is 3.88. The number of fused-ring (bicyclic) bond motifs is 1. The molecular weight excluding hydrogens is 314 g/mol. The molecule has 9 nitrogen and oxygen atoms in total. The summed E-state index contributed by atoms with van der Waals surface area (Å²) < 4.78 is 18.2. The first-order valence-corrected chi connectivity index (χ1v) is 7.85. The molecule has 1 aliphatic heterocycles. The topological polar surface area (TPSA) is 114 Å². The van der Waals surface area contributed by atoms with Crippen molar-refractivity contribution in [1.29, 1.82) is 0 Å². The number of aromatic nitrogens is 4. The van der Waals surface area contributed by atoms with Crippen LogP contribution in [0.15, 0.2) is 6.33 Å². The molecule has 130 valence electrons. The summed E-state index contributed by atoms with van der Waals surface area (Å²) in [5.74, 6) is 0.0745. The van der Waals surface area contributed by atoms with Crippen LogP contribution in [0, 0.1) is 5.92 Å². The van der Waals surface area contributed by atoms with Crippen molar-refractivity contribution >= 4 is 23.1 Å². The van der Waals surface area contributed by atoms with Gasteiger partial charge in [-0.1, -0.05) is 13.8 Å². The number of esters is 1. The van der Waals surface area contributed by atoms with Crippen molar-refractivity contribution in [2.45, 2.75) is 39.0 Å². The van der Waals surface area contributed by atoms with Crippen molar-refractivity contribution in [1.82, 2.24) is 19.5 Å². The van der Waals surface area contributed by atoms with Gasteiger partial charge in [-0.15, -0.1) is 0 Å². The van der Waals surface area contributed by atoms with Crippen LogP contribution in [-0.4, -0.2) is 45.3 Å². The Hall–Kier alpha value is -2.42. The summed E-state index contributed by atoms with van der Waals surface area (Å²) in [7, 11) is 1.51. The zero-order valence-corrected chi connectivity index (χ0v) is 13.9. The Morgan fingerprint density at radius 2 is 2.25 bits per heavy atom. The lowest BCUT2D eigenvalue weighted by Crippen LogP contribution is -2.21. The van der Waals surface area contributed by atoms with Crippen molar-refractivity contribution in [2.24, 2.45) is 5.92 Å². The van der Waals surface area contributed by atoms with Crippen LogP contribution in [0.3, 0.4) is 0 Å². The number of nitrogens with zero attached hydrogens (tertiary/aromatic N) is 4. The quantitative estimate of drug-likeness (QED) is 0.813. The largest absolute Gasteiger partial charge is 0.479 e. The predicted octanol–water partition coefficient (Wildman–Crippen LogP) is 1.29. The first-order chi connectivity index (χ1) is 11.5. The van der Waals surface area contributed by atoms with E-state index >= 15 is 0 Å². The molecule has 0 aliphatic carbocycles. The monoisotopic (exact) mass is 335 g/mol. The minimum absolute atomic E-state index is 0.113. The van der Waals surface area contributed by atoms with Crippen LogP contribution < -0.4 is 10.5 Å². The number of nitrogen functional groups attached to an aromatic ring is 1. The number of anilines is 1. The van der Waals surface area contributed by atoms with Gasteiger partial charge in [-0.2, -0.15) is 9.97 Å². The molecule has 9 heteroatoms. The highest BCUT2D eigenvalue weighted by Gasteiger charge is 2.29. The van der Waals surface area contributed by atoms with E-state index in [4.69, 9.17) is 19.9 Å². The van der Waals surface area contributed by atoms with Crippen molar-refractivity contribution in [3.05, 3.63) is 6.33 Å². The van der Waals surface area contributed by atoms with Crippen molar-refractivity contribution in [2.75, 3.05) is 19.5 Å². The summed E-state index contributed by atoms with van der Waals surface area (Å²) in [5.41, 5.74) is 6.81. The number of nitrogens with two attached hydrogens (primary N) is 1. The number of carbonyl (C=O) groups is 1. The Morgan fingerprint density at radius 3 is 2.96 bits per heavy atom. The van der Waals surface area contributed by atoms with Crippen LogP contribution in [0.4, 0.5) is 5.95 Å². The molecule has 3 rings (SSSR count). The van der Waals surface area contributed by atoms with E-state index < -0.39 is 0 Å². The molecule has 0 amide bonds. The van der Waals surface area contributed by atoms with Gasteiger partial charge in [0.15, 0.2) is 11.2 Å². The van der Waals surface area contributed by atoms with E-state index in [9.17, 15) is 4.79 Å². The molecule has 0 spiro atoms. The predicted molar refractivity (Wildman–Crippen MR) is 85.2 cm³/mol. The molecule has 3 heterocycles. The Kier molecular flexibility index (Phi) is 4.52. The zero-order valence-electron chi connectivity index (χ0n) is 13.9. The van der Waals surface area contributed by atoms with Crippen LogP contribution in [0.25, 0.3) is 11.2 Å². The van der Waals surface area contributed by atoms with Crippen LogP contribution in [0.5, 0.6) is 5.88 Å². The third kappa shape index (κ3) is 3.12. The van der Waals surface area contributed by atoms with E-state index in [2.05, 4.69) is 15.0 Å². The Labute approximate surface area is 139 Å². The summed E-state index contributed by atoms with van der Waals surface area (Å²) in [5, 5.41) is 0. The van der Waals surface area contributed by atoms with Crippen LogP contribution >= 0.6 is 0 Å². The first kappa shape index (κ1) is 16.4. The Morgan fingerprint density at radius 1 is 1.46 bits per heavy atom. The number of imidazole rings is 1. The summed E-state index contributed by atoms with van der Waals surface area (Å²) >= 11 is 0. The first-order valence-electron chi connectivity index (χ1n) is 7.85. The molecule has 2 aromatic heterocycles. The van der Waals surface area contributed by atoms with E-state index in [1.807, 2.05) is 0 Å². The van der Waals surface area contributed by atoms with Crippen LogP contribution in [0.2, 0.25) is 0 Å². The van der Waals surface area contributed by atoms with Gasteiger partial charge in [-0.05, 0) is 12.8 Å². The van der Waals surface area contributed by atoms with E-state index in [0.29, 0.717) is 17.0 Å². The second-order valence-electron chi connectivity index (χ2n) is 5.99. The van der Waals surface area contributed by atoms with E-state index in [1.54, 1.807) is 24.7 Å². The highest BCUT2D eigenvalue weighted by Crippen LogP contribution is 2.32. The van der Waals surface area contributed by atoms with Gasteiger partial charge in [0.1, 0.15) is 12.8 Å². The Balaban J connectivity index is 1.73. The second-order valence-corrected chi connectivity index (χ2v) is 5.99. The summed E-state index contributed by atoms with van der Waals surface area (Å²) in [6.45, 7) is 3.85. The lowest BCUT2D eigenvalue weighted by atomic mass is 10.2. The number of hydrogen-bond donors (Lipinski definition) is 1. The van der Waals surface area contributed by atoms with Crippen LogP contribution in [-0.2, 0) is 14.3 Å². The summed E-state index contributed by atoms with van der Waals surface area (Å²) in [4.78, 5) is 24.1. The summed E-state index contributed by atoms with van der Waals surface area (Å²) in [6, 6.07) is 0. The normalized spacial score (nSPS) is 20.7. The number of rotatable bonds is 5. The zero-order chi connectivity index (χ0) is 17.3. The molecule has 1 aliphatic rings. The number of ether oxygens (including phenoxy) is 3. The molecule has 1 fully saturated rings. The molecule has 0 saturated carbocycles. The maximum atomic E-state index is 11.6. The van der Waals surface area contributed by atoms with E-state index in [0.717, 1.165) is 12.8 Å². The number of carbonyl (C=O) groups excluding carboxylic acids is 1. The smallest absolute Gasteiger partial charge is 0.308 e. The van der Waals surface area contributed by atoms with Gasteiger partial charge >= 0.3 is 5.97 Å². The lowest BCUT2D eigenvalue weighted by Gasteiger charge is -2.16. The average molecular weight is 335 g/mol. The standard InChI is InChI=1S/C15H21N5O4/c1-8(2)14(21)23-6-9-4-5-10(24-9)20-7-17-11-12(20)18-15(16)19-13(11)22-3/h7-10H,4-6H2,1-3H3,(H2,16,18,19). The van der Waals surface area contributed by atoms with Gasteiger partial charge in [0.2, 0.25) is 11.8 Å².